The zero-order chi connectivity index (χ0) is 14.2. The minimum absolute atomic E-state index is 0.562. The first-order chi connectivity index (χ1) is 10.3. The van der Waals surface area contributed by atoms with E-state index in [9.17, 15) is 0 Å². The van der Waals surface area contributed by atoms with Crippen LogP contribution in [-0.4, -0.2) is 18.6 Å². The van der Waals surface area contributed by atoms with Crippen LogP contribution in [0.4, 0.5) is 0 Å². The summed E-state index contributed by atoms with van der Waals surface area (Å²) >= 11 is 0. The van der Waals surface area contributed by atoms with Gasteiger partial charge < -0.3 is 4.74 Å². The maximum Gasteiger partial charge on any atom is 0.119 e. The molecule has 0 bridgehead atoms. The van der Waals surface area contributed by atoms with Crippen molar-refractivity contribution < 1.29 is 4.74 Å². The Morgan fingerprint density at radius 3 is 2.71 bits per heavy atom. The van der Waals surface area contributed by atoms with Crippen LogP contribution in [-0.2, 0) is 19.4 Å². The van der Waals surface area contributed by atoms with Gasteiger partial charge in [-0.3, -0.25) is 4.90 Å². The number of ether oxygens (including phenoxy) is 1. The molecule has 0 saturated carbocycles. The van der Waals surface area contributed by atoms with Crippen molar-refractivity contribution in [2.45, 2.75) is 31.8 Å². The van der Waals surface area contributed by atoms with Crippen molar-refractivity contribution in [1.82, 2.24) is 4.90 Å². The molecule has 2 nitrogen and oxygen atoms in total. The fourth-order valence-electron chi connectivity index (χ4n) is 3.86. The number of aryl methyl sites for hydroxylation is 1. The first-order valence-electron chi connectivity index (χ1n) is 7.83. The summed E-state index contributed by atoms with van der Waals surface area (Å²) < 4.78 is 5.38. The van der Waals surface area contributed by atoms with Gasteiger partial charge in [-0.15, -0.1) is 0 Å². The van der Waals surface area contributed by atoms with Crippen LogP contribution < -0.4 is 4.74 Å². The summed E-state index contributed by atoms with van der Waals surface area (Å²) in [7, 11) is 1.75. The molecule has 2 heteroatoms. The van der Waals surface area contributed by atoms with Crippen LogP contribution in [0.5, 0.6) is 5.75 Å². The summed E-state index contributed by atoms with van der Waals surface area (Å²) in [5.41, 5.74) is 6.02. The van der Waals surface area contributed by atoms with E-state index in [1.54, 1.807) is 7.11 Å². The number of benzene rings is 2. The second-order valence-electron chi connectivity index (χ2n) is 6.11. The van der Waals surface area contributed by atoms with Crippen LogP contribution >= 0.6 is 0 Å². The molecule has 2 aromatic carbocycles. The average Bonchev–Trinajstić information content (AvgIpc) is 2.73. The molecule has 0 saturated heterocycles. The zero-order valence-electron chi connectivity index (χ0n) is 12.5. The van der Waals surface area contributed by atoms with Gasteiger partial charge in [0.1, 0.15) is 5.75 Å². The van der Waals surface area contributed by atoms with Gasteiger partial charge in [-0.25, -0.2) is 0 Å². The minimum Gasteiger partial charge on any atom is -0.497 e. The second-order valence-corrected chi connectivity index (χ2v) is 6.11. The lowest BCUT2D eigenvalue weighted by molar-refractivity contribution is 0.173. The van der Waals surface area contributed by atoms with Crippen LogP contribution in [0.1, 0.15) is 34.7 Å². The van der Waals surface area contributed by atoms with E-state index in [-0.39, 0.29) is 0 Å². The van der Waals surface area contributed by atoms with E-state index in [4.69, 9.17) is 4.74 Å². The Balaban J connectivity index is 1.70. The van der Waals surface area contributed by atoms with E-state index in [0.717, 1.165) is 25.3 Å². The number of rotatable bonds is 1. The Bertz CT molecular complexity index is 664. The van der Waals surface area contributed by atoms with Crippen LogP contribution in [0.15, 0.2) is 42.5 Å². The Morgan fingerprint density at radius 1 is 1.00 bits per heavy atom. The van der Waals surface area contributed by atoms with E-state index >= 15 is 0 Å². The maximum absolute atomic E-state index is 5.38. The third-order valence-electron chi connectivity index (χ3n) is 5.00. The molecule has 2 aromatic rings. The molecule has 0 amide bonds. The van der Waals surface area contributed by atoms with Crippen molar-refractivity contribution in [2.24, 2.45) is 0 Å². The van der Waals surface area contributed by atoms with Gasteiger partial charge in [0.25, 0.3) is 0 Å². The van der Waals surface area contributed by atoms with Crippen LogP contribution in [0.3, 0.4) is 0 Å². The van der Waals surface area contributed by atoms with E-state index in [1.165, 1.54) is 35.1 Å². The van der Waals surface area contributed by atoms with Crippen LogP contribution in [0.2, 0.25) is 0 Å². The normalized spacial score (nSPS) is 20.9. The molecule has 21 heavy (non-hydrogen) atoms. The molecular weight excluding hydrogens is 258 g/mol. The summed E-state index contributed by atoms with van der Waals surface area (Å²) in [6, 6.07) is 16.1. The molecule has 0 N–H and O–H groups in total. The van der Waals surface area contributed by atoms with Crippen molar-refractivity contribution in [1.29, 1.82) is 0 Å². The largest absolute Gasteiger partial charge is 0.497 e. The molecular formula is C19H21NO. The lowest BCUT2D eigenvalue weighted by Crippen LogP contribution is -2.34. The Kier molecular flexibility index (Phi) is 3.19. The molecule has 4 rings (SSSR count). The van der Waals surface area contributed by atoms with E-state index < -0.39 is 0 Å². The summed E-state index contributed by atoms with van der Waals surface area (Å²) in [4.78, 5) is 2.65. The summed E-state index contributed by atoms with van der Waals surface area (Å²) in [6.45, 7) is 2.24. The fraction of sp³-hybridized carbons (Fsp3) is 0.368. The molecule has 2 aliphatic rings. The highest BCUT2D eigenvalue weighted by molar-refractivity contribution is 5.40. The molecule has 0 fully saturated rings. The Hall–Kier alpha value is -1.80. The topological polar surface area (TPSA) is 12.5 Å². The fourth-order valence-corrected chi connectivity index (χ4v) is 3.86. The highest BCUT2D eigenvalue weighted by Crippen LogP contribution is 2.38. The van der Waals surface area contributed by atoms with Gasteiger partial charge >= 0.3 is 0 Å². The third-order valence-corrected chi connectivity index (χ3v) is 5.00. The van der Waals surface area contributed by atoms with Crippen molar-refractivity contribution >= 4 is 0 Å². The average molecular weight is 279 g/mol. The Morgan fingerprint density at radius 2 is 1.86 bits per heavy atom. The van der Waals surface area contributed by atoms with Crippen LogP contribution in [0, 0.1) is 0 Å². The first-order valence-corrected chi connectivity index (χ1v) is 7.83. The van der Waals surface area contributed by atoms with Gasteiger partial charge in [-0.05, 0) is 53.6 Å². The number of nitrogens with zero attached hydrogens (tertiary/aromatic N) is 1. The van der Waals surface area contributed by atoms with Gasteiger partial charge in [0.15, 0.2) is 0 Å². The lowest BCUT2D eigenvalue weighted by atomic mass is 9.90. The summed E-state index contributed by atoms with van der Waals surface area (Å²) in [5, 5.41) is 0. The molecule has 0 radical (unpaired) electrons. The third kappa shape index (κ3) is 2.24. The molecule has 0 aromatic heterocycles. The van der Waals surface area contributed by atoms with E-state index in [1.807, 2.05) is 0 Å². The van der Waals surface area contributed by atoms with Crippen LogP contribution in [0.25, 0.3) is 0 Å². The first kappa shape index (κ1) is 12.9. The van der Waals surface area contributed by atoms with Gasteiger partial charge in [0.2, 0.25) is 0 Å². The standard InChI is InChI=1S/C19H21NO/c1-21-17-7-8-18-15(12-17)10-11-20-13-16-5-3-2-4-14(16)6-9-19(18)20/h2-5,7-8,12,19H,6,9-11,13H2,1H3. The lowest BCUT2D eigenvalue weighted by Gasteiger charge is -2.36. The SMILES string of the molecule is COc1ccc2c(c1)CCN1Cc3ccccc3CCC21. The van der Waals surface area contributed by atoms with Crippen molar-refractivity contribution in [2.75, 3.05) is 13.7 Å². The van der Waals surface area contributed by atoms with Crippen molar-refractivity contribution in [3.63, 3.8) is 0 Å². The predicted molar refractivity (Wildman–Crippen MR) is 84.6 cm³/mol. The highest BCUT2D eigenvalue weighted by Gasteiger charge is 2.29. The molecule has 0 spiro atoms. The molecule has 108 valence electrons. The van der Waals surface area contributed by atoms with E-state index in [2.05, 4.69) is 47.4 Å². The molecule has 0 aliphatic carbocycles. The smallest absolute Gasteiger partial charge is 0.119 e. The molecule has 2 heterocycles. The highest BCUT2D eigenvalue weighted by atomic mass is 16.5. The van der Waals surface area contributed by atoms with Gasteiger partial charge in [-0.1, -0.05) is 30.3 Å². The van der Waals surface area contributed by atoms with Crippen molar-refractivity contribution in [3.8, 4) is 5.75 Å². The number of methoxy groups -OCH3 is 1. The number of hydrogen-bond donors (Lipinski definition) is 0. The summed E-state index contributed by atoms with van der Waals surface area (Å²) in [6.07, 6.45) is 3.53. The monoisotopic (exact) mass is 279 g/mol. The molecule has 1 unspecified atom stereocenters. The zero-order valence-corrected chi connectivity index (χ0v) is 12.5. The number of fused-ring (bicyclic) bond motifs is 4. The Labute approximate surface area is 126 Å². The quantitative estimate of drug-likeness (QED) is 0.788. The van der Waals surface area contributed by atoms with E-state index in [0.29, 0.717) is 6.04 Å². The molecule has 1 atom stereocenters. The second kappa shape index (κ2) is 5.19. The van der Waals surface area contributed by atoms with Crippen molar-refractivity contribution in [3.05, 3.63) is 64.7 Å². The minimum atomic E-state index is 0.562. The number of hydrogen-bond acceptors (Lipinski definition) is 2. The predicted octanol–water partition coefficient (Wildman–Crippen LogP) is 3.74. The van der Waals surface area contributed by atoms with Gasteiger partial charge in [-0.2, -0.15) is 0 Å². The maximum atomic E-state index is 5.38. The molecule has 2 aliphatic heterocycles. The summed E-state index contributed by atoms with van der Waals surface area (Å²) in [5.74, 6) is 0.985. The van der Waals surface area contributed by atoms with Gasteiger partial charge in [0.05, 0.1) is 7.11 Å². The van der Waals surface area contributed by atoms with Gasteiger partial charge in [0, 0.05) is 19.1 Å².